The number of carbonyl (C=O) groups excluding carboxylic acids is 1. The fourth-order valence-corrected chi connectivity index (χ4v) is 0.960. The van der Waals surface area contributed by atoms with Crippen LogP contribution in [0.25, 0.3) is 0 Å². The van der Waals surface area contributed by atoms with Crippen molar-refractivity contribution in [1.82, 2.24) is 0 Å². The number of ether oxygens (including phenoxy) is 3. The number of carbonyl (C=O) groups is 1. The summed E-state index contributed by atoms with van der Waals surface area (Å²) in [7, 11) is 0. The summed E-state index contributed by atoms with van der Waals surface area (Å²) in [5, 5.41) is 0. The normalized spacial score (nSPS) is 13.2. The quantitative estimate of drug-likeness (QED) is 0.474. The minimum Gasteiger partial charge on any atom is -0.460 e. The second-order valence-electron chi connectivity index (χ2n) is 4.40. The third kappa shape index (κ3) is 8.68. The molecule has 0 N–H and O–H groups in total. The van der Waals surface area contributed by atoms with Gasteiger partial charge in [0.25, 0.3) is 0 Å². The minimum atomic E-state index is -0.200. The van der Waals surface area contributed by atoms with E-state index in [2.05, 4.69) is 0 Å². The van der Waals surface area contributed by atoms with Gasteiger partial charge in [-0.1, -0.05) is 13.8 Å². The van der Waals surface area contributed by atoms with E-state index in [0.717, 1.165) is 0 Å². The third-order valence-electron chi connectivity index (χ3n) is 1.82. The molecule has 16 heavy (non-hydrogen) atoms. The van der Waals surface area contributed by atoms with Crippen LogP contribution in [-0.2, 0) is 19.0 Å². The molecule has 0 aliphatic carbocycles. The molecule has 0 saturated heterocycles. The molecule has 0 aromatic rings. The van der Waals surface area contributed by atoms with E-state index in [-0.39, 0.29) is 24.1 Å². The van der Waals surface area contributed by atoms with Crippen LogP contribution in [0.2, 0.25) is 0 Å². The zero-order valence-electron chi connectivity index (χ0n) is 11.0. The molecule has 1 unspecified atom stereocenters. The van der Waals surface area contributed by atoms with E-state index in [9.17, 15) is 4.79 Å². The second-order valence-corrected chi connectivity index (χ2v) is 4.40. The molecule has 4 heteroatoms. The molecule has 96 valence electrons. The van der Waals surface area contributed by atoms with Gasteiger partial charge in [0.1, 0.15) is 6.10 Å². The summed E-state index contributed by atoms with van der Waals surface area (Å²) < 4.78 is 15.8. The maximum absolute atomic E-state index is 11.2. The molecule has 0 fully saturated rings. The van der Waals surface area contributed by atoms with Crippen molar-refractivity contribution >= 4 is 5.97 Å². The van der Waals surface area contributed by atoms with Gasteiger partial charge in [-0.2, -0.15) is 0 Å². The van der Waals surface area contributed by atoms with Gasteiger partial charge >= 0.3 is 5.97 Å². The largest absolute Gasteiger partial charge is 0.460 e. The molecule has 0 bridgehead atoms. The summed E-state index contributed by atoms with van der Waals surface area (Å²) in [6.45, 7) is 10.9. The number of hydrogen-bond donors (Lipinski definition) is 0. The molecule has 0 saturated carbocycles. The highest BCUT2D eigenvalue weighted by molar-refractivity contribution is 5.71. The molecule has 0 spiro atoms. The first-order chi connectivity index (χ1) is 7.43. The zero-order valence-corrected chi connectivity index (χ0v) is 11.0. The highest BCUT2D eigenvalue weighted by Gasteiger charge is 2.12. The lowest BCUT2D eigenvalue weighted by Gasteiger charge is -2.15. The smallest absolute Gasteiger partial charge is 0.308 e. The third-order valence-corrected chi connectivity index (χ3v) is 1.82. The van der Waals surface area contributed by atoms with Crippen molar-refractivity contribution in [2.24, 2.45) is 5.92 Å². The average Bonchev–Trinajstić information content (AvgIpc) is 2.16. The van der Waals surface area contributed by atoms with Gasteiger partial charge in [0.05, 0.1) is 31.8 Å². The predicted octanol–water partition coefficient (Wildman–Crippen LogP) is 2.02. The highest BCUT2D eigenvalue weighted by atomic mass is 16.6. The summed E-state index contributed by atoms with van der Waals surface area (Å²) in [5.74, 6) is -0.277. The van der Waals surface area contributed by atoms with Crippen LogP contribution in [0.15, 0.2) is 0 Å². The van der Waals surface area contributed by atoms with E-state index in [0.29, 0.717) is 19.8 Å². The molecule has 0 rings (SSSR count). The summed E-state index contributed by atoms with van der Waals surface area (Å²) in [5.41, 5.74) is 0. The second kappa shape index (κ2) is 8.53. The van der Waals surface area contributed by atoms with Gasteiger partial charge in [-0.15, -0.1) is 0 Å². The topological polar surface area (TPSA) is 44.8 Å². The van der Waals surface area contributed by atoms with Gasteiger partial charge in [0.15, 0.2) is 0 Å². The minimum absolute atomic E-state index is 0.0910. The average molecular weight is 232 g/mol. The maximum atomic E-state index is 11.2. The van der Waals surface area contributed by atoms with Crippen LogP contribution in [0.4, 0.5) is 0 Å². The maximum Gasteiger partial charge on any atom is 0.308 e. The van der Waals surface area contributed by atoms with E-state index < -0.39 is 0 Å². The molecule has 0 aliphatic heterocycles. The van der Waals surface area contributed by atoms with Gasteiger partial charge in [-0.25, -0.2) is 0 Å². The number of rotatable bonds is 8. The summed E-state index contributed by atoms with van der Waals surface area (Å²) >= 11 is 0. The van der Waals surface area contributed by atoms with Crippen molar-refractivity contribution in [2.45, 2.75) is 46.8 Å². The van der Waals surface area contributed by atoms with Crippen LogP contribution in [0.3, 0.4) is 0 Å². The lowest BCUT2D eigenvalue weighted by molar-refractivity contribution is -0.155. The van der Waals surface area contributed by atoms with Crippen molar-refractivity contribution in [1.29, 1.82) is 0 Å². The van der Waals surface area contributed by atoms with Gasteiger partial charge in [0.2, 0.25) is 0 Å². The molecular formula is C12H24O4. The van der Waals surface area contributed by atoms with Crippen LogP contribution in [-0.4, -0.2) is 38.0 Å². The molecule has 0 heterocycles. The standard InChI is InChI=1S/C12H24O4/c1-9(2)12(13)16-11(5)8-14-6-7-15-10(3)4/h9-11H,6-8H2,1-5H3. The fourth-order valence-electron chi connectivity index (χ4n) is 0.960. The molecule has 0 amide bonds. The predicted molar refractivity (Wildman–Crippen MR) is 62.3 cm³/mol. The Morgan fingerprint density at radius 3 is 2.19 bits per heavy atom. The summed E-state index contributed by atoms with van der Waals surface area (Å²) in [4.78, 5) is 11.2. The Morgan fingerprint density at radius 2 is 1.69 bits per heavy atom. The SMILES string of the molecule is CC(C)OCCOCC(C)OC(=O)C(C)C. The first-order valence-corrected chi connectivity index (χ1v) is 5.83. The Balaban J connectivity index is 3.44. The van der Waals surface area contributed by atoms with E-state index in [1.54, 1.807) is 0 Å². The lowest BCUT2D eigenvalue weighted by atomic mass is 10.2. The molecule has 4 nitrogen and oxygen atoms in total. The fraction of sp³-hybridized carbons (Fsp3) is 0.917. The van der Waals surface area contributed by atoms with Gasteiger partial charge in [0, 0.05) is 0 Å². The molecule has 0 aliphatic rings. The Hall–Kier alpha value is -0.610. The summed E-state index contributed by atoms with van der Waals surface area (Å²) in [6.07, 6.45) is 0.0220. The molecule has 1 atom stereocenters. The molecule has 0 aromatic carbocycles. The summed E-state index contributed by atoms with van der Waals surface area (Å²) in [6, 6.07) is 0. The van der Waals surface area contributed by atoms with Crippen molar-refractivity contribution in [2.75, 3.05) is 19.8 Å². The lowest BCUT2D eigenvalue weighted by Crippen LogP contribution is -2.24. The van der Waals surface area contributed by atoms with E-state index in [1.807, 2.05) is 34.6 Å². The van der Waals surface area contributed by atoms with E-state index >= 15 is 0 Å². The highest BCUT2D eigenvalue weighted by Crippen LogP contribution is 2.01. The van der Waals surface area contributed by atoms with Gasteiger partial charge in [-0.3, -0.25) is 4.79 Å². The van der Waals surface area contributed by atoms with Crippen LogP contribution >= 0.6 is 0 Å². The van der Waals surface area contributed by atoms with Crippen molar-refractivity contribution in [3.8, 4) is 0 Å². The molecular weight excluding hydrogens is 208 g/mol. The number of hydrogen-bond acceptors (Lipinski definition) is 4. The van der Waals surface area contributed by atoms with Crippen LogP contribution in [0.5, 0.6) is 0 Å². The Labute approximate surface area is 98.3 Å². The van der Waals surface area contributed by atoms with Gasteiger partial charge in [-0.05, 0) is 20.8 Å². The van der Waals surface area contributed by atoms with E-state index in [1.165, 1.54) is 0 Å². The van der Waals surface area contributed by atoms with Gasteiger partial charge < -0.3 is 14.2 Å². The molecule has 0 radical (unpaired) electrons. The van der Waals surface area contributed by atoms with E-state index in [4.69, 9.17) is 14.2 Å². The van der Waals surface area contributed by atoms with Crippen LogP contribution in [0, 0.1) is 5.92 Å². The van der Waals surface area contributed by atoms with Crippen molar-refractivity contribution in [3.63, 3.8) is 0 Å². The number of esters is 1. The monoisotopic (exact) mass is 232 g/mol. The first kappa shape index (κ1) is 15.4. The van der Waals surface area contributed by atoms with Crippen LogP contribution in [0.1, 0.15) is 34.6 Å². The Morgan fingerprint density at radius 1 is 1.06 bits per heavy atom. The van der Waals surface area contributed by atoms with Crippen molar-refractivity contribution in [3.05, 3.63) is 0 Å². The molecule has 0 aromatic heterocycles. The Kier molecular flexibility index (Phi) is 8.21. The zero-order chi connectivity index (χ0) is 12.6. The first-order valence-electron chi connectivity index (χ1n) is 5.83. The van der Waals surface area contributed by atoms with Crippen molar-refractivity contribution < 1.29 is 19.0 Å². The van der Waals surface area contributed by atoms with Crippen LogP contribution < -0.4 is 0 Å². The Bertz CT molecular complexity index is 189.